The molecule has 0 saturated heterocycles. The predicted molar refractivity (Wildman–Crippen MR) is 66.1 cm³/mol. The molecule has 3 N–H and O–H groups in total. The lowest BCUT2D eigenvalue weighted by Gasteiger charge is -2.01. The first-order valence-electron chi connectivity index (χ1n) is 5.31. The number of nitriles is 1. The van der Waals surface area contributed by atoms with Crippen LogP contribution in [-0.4, -0.2) is 6.54 Å². The van der Waals surface area contributed by atoms with Crippen LogP contribution < -0.4 is 11.1 Å². The molecule has 1 rings (SSSR count). The van der Waals surface area contributed by atoms with Gasteiger partial charge in [-0.1, -0.05) is 26.2 Å². The number of hydrogen-bond acceptors (Lipinski definition) is 4. The van der Waals surface area contributed by atoms with E-state index in [1.54, 1.807) is 0 Å². The van der Waals surface area contributed by atoms with Crippen molar-refractivity contribution in [1.29, 1.82) is 5.26 Å². The molecule has 0 aliphatic carbocycles. The first-order chi connectivity index (χ1) is 7.27. The molecule has 1 heterocycles. The molecule has 0 radical (unpaired) electrons. The van der Waals surface area contributed by atoms with Gasteiger partial charge in [-0.2, -0.15) is 5.26 Å². The number of rotatable bonds is 6. The molecule has 1 aromatic rings. The van der Waals surface area contributed by atoms with E-state index in [2.05, 4.69) is 18.3 Å². The van der Waals surface area contributed by atoms with Gasteiger partial charge in [0.25, 0.3) is 0 Å². The van der Waals surface area contributed by atoms with E-state index in [4.69, 9.17) is 11.0 Å². The van der Waals surface area contributed by atoms with Crippen LogP contribution in [0.5, 0.6) is 0 Å². The lowest BCUT2D eigenvalue weighted by Crippen LogP contribution is -1.99. The van der Waals surface area contributed by atoms with Gasteiger partial charge >= 0.3 is 0 Å². The zero-order chi connectivity index (χ0) is 11.1. The molecule has 15 heavy (non-hydrogen) atoms. The van der Waals surface area contributed by atoms with Crippen molar-refractivity contribution in [2.24, 2.45) is 0 Å². The predicted octanol–water partition coefficient (Wildman–Crippen LogP) is 3.19. The molecule has 1 aromatic heterocycles. The summed E-state index contributed by atoms with van der Waals surface area (Å²) < 4.78 is 0. The smallest absolute Gasteiger partial charge is 0.129 e. The summed E-state index contributed by atoms with van der Waals surface area (Å²) in [5.74, 6) is 0. The quantitative estimate of drug-likeness (QED) is 0.728. The Hall–Kier alpha value is -1.21. The number of anilines is 2. The highest BCUT2D eigenvalue weighted by molar-refractivity contribution is 7.17. The summed E-state index contributed by atoms with van der Waals surface area (Å²) in [5, 5.41) is 13.0. The lowest BCUT2D eigenvalue weighted by atomic mass is 10.2. The molecular weight excluding hydrogens is 206 g/mol. The van der Waals surface area contributed by atoms with Crippen LogP contribution in [0.1, 0.15) is 37.5 Å². The van der Waals surface area contributed by atoms with E-state index in [1.807, 2.05) is 6.07 Å². The number of nitrogens with two attached hydrogens (primary N) is 1. The Morgan fingerprint density at radius 1 is 1.47 bits per heavy atom. The molecule has 0 saturated carbocycles. The second-order valence-corrected chi connectivity index (χ2v) is 4.55. The highest BCUT2D eigenvalue weighted by atomic mass is 32.1. The van der Waals surface area contributed by atoms with Gasteiger partial charge in [0.2, 0.25) is 0 Å². The molecule has 82 valence electrons. The molecule has 0 unspecified atom stereocenters. The van der Waals surface area contributed by atoms with Gasteiger partial charge in [0.1, 0.15) is 10.9 Å². The third-order valence-electron chi connectivity index (χ3n) is 2.19. The minimum absolute atomic E-state index is 0.582. The highest BCUT2D eigenvalue weighted by Crippen LogP contribution is 2.28. The van der Waals surface area contributed by atoms with Crippen molar-refractivity contribution < 1.29 is 0 Å². The van der Waals surface area contributed by atoms with Crippen LogP contribution in [0.25, 0.3) is 0 Å². The van der Waals surface area contributed by atoms with Gasteiger partial charge in [0.05, 0.1) is 10.7 Å². The minimum atomic E-state index is 0.582. The van der Waals surface area contributed by atoms with Gasteiger partial charge in [-0.25, -0.2) is 0 Å². The number of nitrogen functional groups attached to an aromatic ring is 1. The van der Waals surface area contributed by atoms with E-state index in [9.17, 15) is 0 Å². The van der Waals surface area contributed by atoms with E-state index in [0.717, 1.165) is 11.5 Å². The average molecular weight is 223 g/mol. The zero-order valence-corrected chi connectivity index (χ0v) is 9.86. The van der Waals surface area contributed by atoms with Gasteiger partial charge in [0.15, 0.2) is 0 Å². The Balaban J connectivity index is 2.29. The number of nitrogens with zero attached hydrogens (tertiary/aromatic N) is 1. The van der Waals surface area contributed by atoms with Crippen LogP contribution in [0.2, 0.25) is 0 Å². The number of unbranched alkanes of at least 4 members (excludes halogenated alkanes) is 3. The molecule has 0 fully saturated rings. The second kappa shape index (κ2) is 6.31. The monoisotopic (exact) mass is 223 g/mol. The summed E-state index contributed by atoms with van der Waals surface area (Å²) >= 11 is 1.43. The van der Waals surface area contributed by atoms with E-state index in [1.165, 1.54) is 37.0 Å². The second-order valence-electron chi connectivity index (χ2n) is 3.49. The average Bonchev–Trinajstić information content (AvgIpc) is 2.59. The Morgan fingerprint density at radius 2 is 2.27 bits per heavy atom. The molecule has 0 spiro atoms. The maximum absolute atomic E-state index is 8.73. The standard InChI is InChI=1S/C11H17N3S/c1-2-3-4-5-6-14-11-7-9(13)10(8-12)15-11/h7,14H,2-6,13H2,1H3. The van der Waals surface area contributed by atoms with Crippen LogP contribution in [0.3, 0.4) is 0 Å². The van der Waals surface area contributed by atoms with Crippen molar-refractivity contribution in [1.82, 2.24) is 0 Å². The van der Waals surface area contributed by atoms with Crippen molar-refractivity contribution in [3.05, 3.63) is 10.9 Å². The fraction of sp³-hybridized carbons (Fsp3) is 0.545. The van der Waals surface area contributed by atoms with Crippen LogP contribution in [0.15, 0.2) is 6.07 Å². The van der Waals surface area contributed by atoms with Gasteiger partial charge in [-0.05, 0) is 12.5 Å². The fourth-order valence-corrected chi connectivity index (χ4v) is 2.15. The summed E-state index contributed by atoms with van der Waals surface area (Å²) in [6.07, 6.45) is 4.98. The summed E-state index contributed by atoms with van der Waals surface area (Å²) in [6, 6.07) is 3.92. The van der Waals surface area contributed by atoms with Crippen molar-refractivity contribution in [2.45, 2.75) is 32.6 Å². The third kappa shape index (κ3) is 3.80. The Labute approximate surface area is 94.9 Å². The molecule has 0 atom stereocenters. The number of thiophene rings is 1. The van der Waals surface area contributed by atoms with Crippen LogP contribution >= 0.6 is 11.3 Å². The first-order valence-corrected chi connectivity index (χ1v) is 6.13. The van der Waals surface area contributed by atoms with Crippen molar-refractivity contribution in [3.63, 3.8) is 0 Å². The number of nitrogens with one attached hydrogen (secondary N) is 1. The SMILES string of the molecule is CCCCCCNc1cc(N)c(C#N)s1. The number of hydrogen-bond donors (Lipinski definition) is 2. The Morgan fingerprint density at radius 3 is 2.87 bits per heavy atom. The van der Waals surface area contributed by atoms with E-state index in [0.29, 0.717) is 10.6 Å². The van der Waals surface area contributed by atoms with Gasteiger partial charge in [-0.15, -0.1) is 11.3 Å². The minimum Gasteiger partial charge on any atom is -0.397 e. The molecule has 0 aliphatic heterocycles. The normalized spacial score (nSPS) is 9.87. The maximum atomic E-state index is 8.73. The molecular formula is C11H17N3S. The van der Waals surface area contributed by atoms with Gasteiger partial charge in [0, 0.05) is 6.54 Å². The molecule has 0 aromatic carbocycles. The van der Waals surface area contributed by atoms with E-state index >= 15 is 0 Å². The summed E-state index contributed by atoms with van der Waals surface area (Å²) in [6.45, 7) is 3.16. The fourth-order valence-electron chi connectivity index (χ4n) is 1.34. The molecule has 4 heteroatoms. The van der Waals surface area contributed by atoms with Gasteiger partial charge in [-0.3, -0.25) is 0 Å². The topological polar surface area (TPSA) is 61.8 Å². The van der Waals surface area contributed by atoms with Crippen LogP contribution in [0.4, 0.5) is 10.7 Å². The van der Waals surface area contributed by atoms with Crippen molar-refractivity contribution >= 4 is 22.0 Å². The maximum Gasteiger partial charge on any atom is 0.129 e. The zero-order valence-electron chi connectivity index (χ0n) is 9.05. The van der Waals surface area contributed by atoms with Crippen LogP contribution in [0, 0.1) is 11.3 Å². The molecule has 3 nitrogen and oxygen atoms in total. The third-order valence-corrected chi connectivity index (χ3v) is 3.21. The Bertz CT molecular complexity index is 338. The summed E-state index contributed by atoms with van der Waals surface area (Å²) in [4.78, 5) is 0.603. The van der Waals surface area contributed by atoms with Gasteiger partial charge < -0.3 is 11.1 Å². The molecule has 0 aliphatic rings. The Kier molecular flexibility index (Phi) is 4.99. The van der Waals surface area contributed by atoms with Crippen LogP contribution in [-0.2, 0) is 0 Å². The largest absolute Gasteiger partial charge is 0.397 e. The van der Waals surface area contributed by atoms with E-state index < -0.39 is 0 Å². The summed E-state index contributed by atoms with van der Waals surface area (Å²) in [7, 11) is 0. The molecule has 0 amide bonds. The molecule has 0 bridgehead atoms. The van der Waals surface area contributed by atoms with Crippen molar-refractivity contribution in [2.75, 3.05) is 17.6 Å². The lowest BCUT2D eigenvalue weighted by molar-refractivity contribution is 0.685. The summed E-state index contributed by atoms with van der Waals surface area (Å²) in [5.41, 5.74) is 6.23. The van der Waals surface area contributed by atoms with E-state index in [-0.39, 0.29) is 0 Å². The first kappa shape index (κ1) is 11.9. The van der Waals surface area contributed by atoms with Crippen molar-refractivity contribution in [3.8, 4) is 6.07 Å². The highest BCUT2D eigenvalue weighted by Gasteiger charge is 2.04.